The van der Waals surface area contributed by atoms with Gasteiger partial charge in [-0.3, -0.25) is 4.90 Å². The van der Waals surface area contributed by atoms with E-state index >= 15 is 0 Å². The molecule has 0 aliphatic carbocycles. The fourth-order valence-corrected chi connectivity index (χ4v) is 2.95. The van der Waals surface area contributed by atoms with Crippen molar-refractivity contribution in [3.63, 3.8) is 0 Å². The average Bonchev–Trinajstić information content (AvgIpc) is 2.61. The van der Waals surface area contributed by atoms with Crippen LogP contribution in [0.1, 0.15) is 19.4 Å². The van der Waals surface area contributed by atoms with E-state index in [1.165, 1.54) is 5.92 Å². The first-order chi connectivity index (χ1) is 11.7. The molecular formula is C19H25N4O. The van der Waals surface area contributed by atoms with Crippen molar-refractivity contribution in [1.82, 2.24) is 14.9 Å². The minimum absolute atomic E-state index is 0.533. The fourth-order valence-electron chi connectivity index (χ4n) is 2.95. The highest BCUT2D eigenvalue weighted by Gasteiger charge is 2.21. The molecule has 0 saturated carbocycles. The van der Waals surface area contributed by atoms with Crippen LogP contribution in [0.25, 0.3) is 0 Å². The summed E-state index contributed by atoms with van der Waals surface area (Å²) in [4.78, 5) is 13.4. The van der Waals surface area contributed by atoms with E-state index in [1.807, 2.05) is 18.2 Å². The van der Waals surface area contributed by atoms with Crippen molar-refractivity contribution in [2.24, 2.45) is 0 Å². The van der Waals surface area contributed by atoms with Gasteiger partial charge in [0.25, 0.3) is 0 Å². The maximum absolute atomic E-state index is 5.98. The van der Waals surface area contributed by atoms with E-state index < -0.39 is 0 Å². The molecule has 0 bridgehead atoms. The van der Waals surface area contributed by atoms with Crippen LogP contribution < -0.4 is 9.64 Å². The normalized spacial score (nSPS) is 15.7. The number of nitrogens with zero attached hydrogens (tertiary/aromatic N) is 4. The van der Waals surface area contributed by atoms with Crippen molar-refractivity contribution < 1.29 is 4.74 Å². The van der Waals surface area contributed by atoms with Crippen LogP contribution >= 0.6 is 0 Å². The van der Waals surface area contributed by atoms with Gasteiger partial charge >= 0.3 is 0 Å². The summed E-state index contributed by atoms with van der Waals surface area (Å²) in [5.41, 5.74) is 1.14. The van der Waals surface area contributed by atoms with Crippen molar-refractivity contribution in [3.05, 3.63) is 54.3 Å². The average molecular weight is 325 g/mol. The first-order valence-electron chi connectivity index (χ1n) is 8.45. The first kappa shape index (κ1) is 16.7. The molecule has 2 aromatic rings. The summed E-state index contributed by atoms with van der Waals surface area (Å²) in [6, 6.07) is 10.2. The van der Waals surface area contributed by atoms with Crippen LogP contribution in [-0.4, -0.2) is 47.6 Å². The molecule has 0 atom stereocenters. The molecule has 1 aromatic heterocycles. The second-order valence-electron chi connectivity index (χ2n) is 6.46. The Morgan fingerprint density at radius 2 is 1.83 bits per heavy atom. The van der Waals surface area contributed by atoms with Crippen LogP contribution in [-0.2, 0) is 6.61 Å². The molecule has 0 N–H and O–H groups in total. The van der Waals surface area contributed by atoms with E-state index in [9.17, 15) is 0 Å². The molecular weight excluding hydrogens is 300 g/mol. The summed E-state index contributed by atoms with van der Waals surface area (Å²) in [5, 5.41) is 0. The highest BCUT2D eigenvalue weighted by Crippen LogP contribution is 2.26. The van der Waals surface area contributed by atoms with Gasteiger partial charge in [0.2, 0.25) is 0 Å². The third-order valence-electron chi connectivity index (χ3n) is 4.11. The molecule has 1 radical (unpaired) electrons. The summed E-state index contributed by atoms with van der Waals surface area (Å²) in [5.74, 6) is 3.11. The lowest BCUT2D eigenvalue weighted by atomic mass is 10.2. The molecule has 3 rings (SSSR count). The number of anilines is 1. The molecule has 1 aliphatic rings. The molecule has 127 valence electrons. The van der Waals surface area contributed by atoms with Gasteiger partial charge in [-0.15, -0.1) is 0 Å². The van der Waals surface area contributed by atoms with Gasteiger partial charge in [-0.05, 0) is 11.5 Å². The van der Waals surface area contributed by atoms with Gasteiger partial charge in [0.1, 0.15) is 12.9 Å². The summed E-state index contributed by atoms with van der Waals surface area (Å²) in [7, 11) is 0. The number of ether oxygens (including phenoxy) is 1. The lowest BCUT2D eigenvalue weighted by Gasteiger charge is -2.36. The monoisotopic (exact) mass is 325 g/mol. The summed E-state index contributed by atoms with van der Waals surface area (Å²) >= 11 is 0. The van der Waals surface area contributed by atoms with E-state index in [0.29, 0.717) is 6.61 Å². The number of hydrogen-bond acceptors (Lipinski definition) is 5. The predicted octanol–water partition coefficient (Wildman–Crippen LogP) is 2.79. The van der Waals surface area contributed by atoms with Crippen molar-refractivity contribution in [1.29, 1.82) is 0 Å². The number of aromatic nitrogens is 2. The molecule has 2 heterocycles. The Morgan fingerprint density at radius 3 is 2.54 bits per heavy atom. The Morgan fingerprint density at radius 1 is 1.08 bits per heavy atom. The van der Waals surface area contributed by atoms with Crippen molar-refractivity contribution >= 4 is 5.82 Å². The minimum atomic E-state index is 0.533. The standard InChI is InChI=1S/C19H25N4O/c1-16(2)13-22-8-10-23(11-9-22)19-18(12-20-15-21-19)24-14-17-6-4-3-5-7-17/h3-7,12,15H,8-11,13-14H2,1-2H3. The topological polar surface area (TPSA) is 41.5 Å². The molecule has 1 fully saturated rings. The number of rotatable bonds is 6. The van der Waals surface area contributed by atoms with Gasteiger partial charge in [0.15, 0.2) is 11.6 Å². The Labute approximate surface area is 144 Å². The molecule has 0 amide bonds. The SMILES string of the molecule is C[C](C)CN1CCN(c2ncncc2OCc2ccccc2)CC1. The van der Waals surface area contributed by atoms with Crippen LogP contribution in [0, 0.1) is 5.92 Å². The Bertz CT molecular complexity index is 624. The highest BCUT2D eigenvalue weighted by atomic mass is 16.5. The first-order valence-corrected chi connectivity index (χ1v) is 8.45. The zero-order valence-corrected chi connectivity index (χ0v) is 14.5. The van der Waals surface area contributed by atoms with Crippen LogP contribution in [0.15, 0.2) is 42.9 Å². The smallest absolute Gasteiger partial charge is 0.180 e. The third-order valence-corrected chi connectivity index (χ3v) is 4.11. The van der Waals surface area contributed by atoms with E-state index in [4.69, 9.17) is 4.74 Å². The Hall–Kier alpha value is -2.14. The molecule has 0 spiro atoms. The zero-order chi connectivity index (χ0) is 16.8. The minimum Gasteiger partial charge on any atom is -0.483 e. The van der Waals surface area contributed by atoms with E-state index in [0.717, 1.165) is 49.9 Å². The second-order valence-corrected chi connectivity index (χ2v) is 6.46. The lowest BCUT2D eigenvalue weighted by Crippen LogP contribution is -2.47. The van der Waals surface area contributed by atoms with E-state index in [1.54, 1.807) is 12.5 Å². The van der Waals surface area contributed by atoms with Crippen molar-refractivity contribution in [3.8, 4) is 5.75 Å². The zero-order valence-electron chi connectivity index (χ0n) is 14.5. The summed E-state index contributed by atoms with van der Waals surface area (Å²) in [6.45, 7) is 10.0. The maximum Gasteiger partial charge on any atom is 0.180 e. The van der Waals surface area contributed by atoms with Gasteiger partial charge in [-0.2, -0.15) is 0 Å². The van der Waals surface area contributed by atoms with E-state index in [2.05, 4.69) is 45.7 Å². The predicted molar refractivity (Wildman–Crippen MR) is 96.1 cm³/mol. The maximum atomic E-state index is 5.98. The van der Waals surface area contributed by atoms with Gasteiger partial charge in [0.05, 0.1) is 6.20 Å². The highest BCUT2D eigenvalue weighted by molar-refractivity contribution is 5.51. The van der Waals surface area contributed by atoms with Crippen molar-refractivity contribution in [2.75, 3.05) is 37.6 Å². The molecule has 5 heteroatoms. The van der Waals surface area contributed by atoms with Gasteiger partial charge < -0.3 is 9.64 Å². The number of hydrogen-bond donors (Lipinski definition) is 0. The van der Waals surface area contributed by atoms with Crippen LogP contribution in [0.3, 0.4) is 0 Å². The Kier molecular flexibility index (Phi) is 5.64. The second kappa shape index (κ2) is 8.11. The van der Waals surface area contributed by atoms with Crippen LogP contribution in [0.4, 0.5) is 5.82 Å². The van der Waals surface area contributed by atoms with E-state index in [-0.39, 0.29) is 0 Å². The molecule has 0 unspecified atom stereocenters. The lowest BCUT2D eigenvalue weighted by molar-refractivity contribution is 0.263. The van der Waals surface area contributed by atoms with Gasteiger partial charge in [-0.1, -0.05) is 44.2 Å². The largest absolute Gasteiger partial charge is 0.483 e. The van der Waals surface area contributed by atoms with Crippen LogP contribution in [0.5, 0.6) is 5.75 Å². The molecule has 24 heavy (non-hydrogen) atoms. The molecule has 1 aliphatic heterocycles. The third kappa shape index (κ3) is 4.45. The number of benzene rings is 1. The van der Waals surface area contributed by atoms with Crippen molar-refractivity contribution in [2.45, 2.75) is 20.5 Å². The summed E-state index contributed by atoms with van der Waals surface area (Å²) in [6.07, 6.45) is 3.36. The fraction of sp³-hybridized carbons (Fsp3) is 0.421. The van der Waals surface area contributed by atoms with Crippen LogP contribution in [0.2, 0.25) is 0 Å². The Balaban J connectivity index is 1.62. The molecule has 1 saturated heterocycles. The summed E-state index contributed by atoms with van der Waals surface area (Å²) < 4.78 is 5.98. The quantitative estimate of drug-likeness (QED) is 0.817. The van der Waals surface area contributed by atoms with Gasteiger partial charge in [-0.25, -0.2) is 9.97 Å². The van der Waals surface area contributed by atoms with Gasteiger partial charge in [0, 0.05) is 32.7 Å². The molecule has 5 nitrogen and oxygen atoms in total. The molecule has 1 aromatic carbocycles. The number of piperazine rings is 1.